The van der Waals surface area contributed by atoms with Gasteiger partial charge in [0.25, 0.3) is 5.91 Å². The number of nitrogens with one attached hydrogen (secondary N) is 1. The summed E-state index contributed by atoms with van der Waals surface area (Å²) in [5, 5.41) is 2.96. The van der Waals surface area contributed by atoms with Crippen LogP contribution < -0.4 is 10.1 Å². The molecule has 0 bridgehead atoms. The van der Waals surface area contributed by atoms with Gasteiger partial charge in [-0.1, -0.05) is 54.6 Å². The molecular formula is C26H28N2O5S. The Labute approximate surface area is 200 Å². The highest BCUT2D eigenvalue weighted by Crippen LogP contribution is 2.27. The van der Waals surface area contributed by atoms with Crippen LogP contribution in [-0.4, -0.2) is 52.0 Å². The molecule has 7 nitrogen and oxygen atoms in total. The standard InChI is InChI=1S/C26H28N2O5S/c1-19(20-8-10-22(11-9-20)21-6-4-3-5-7-21)27-26(29)24-18-23(12-13-25(24)32-2)34(30,31)28-14-16-33-17-15-28/h3-13,18-19H,14-17H2,1-2H3,(H,27,29). The predicted molar refractivity (Wildman–Crippen MR) is 130 cm³/mol. The number of hydrogen-bond donors (Lipinski definition) is 1. The topological polar surface area (TPSA) is 84.9 Å². The Morgan fingerprint density at radius 1 is 0.971 bits per heavy atom. The molecule has 34 heavy (non-hydrogen) atoms. The number of nitrogens with zero attached hydrogens (tertiary/aromatic N) is 1. The number of carbonyl (C=O) groups excluding carboxylic acids is 1. The zero-order valence-electron chi connectivity index (χ0n) is 19.2. The Morgan fingerprint density at radius 2 is 1.62 bits per heavy atom. The summed E-state index contributed by atoms with van der Waals surface area (Å²) in [7, 11) is -2.28. The lowest BCUT2D eigenvalue weighted by molar-refractivity contribution is 0.0730. The van der Waals surface area contributed by atoms with Gasteiger partial charge in [0, 0.05) is 13.1 Å². The summed E-state index contributed by atoms with van der Waals surface area (Å²) < 4.78 is 38.1. The minimum absolute atomic E-state index is 0.0558. The molecule has 1 N–H and O–H groups in total. The van der Waals surface area contributed by atoms with Crippen LogP contribution in [0, 0.1) is 0 Å². The molecule has 8 heteroatoms. The molecule has 0 radical (unpaired) electrons. The van der Waals surface area contributed by atoms with E-state index in [9.17, 15) is 13.2 Å². The van der Waals surface area contributed by atoms with Crippen molar-refractivity contribution in [3.05, 3.63) is 83.9 Å². The van der Waals surface area contributed by atoms with E-state index in [1.54, 1.807) is 0 Å². The number of rotatable bonds is 7. The van der Waals surface area contributed by atoms with Crippen LogP contribution in [0.2, 0.25) is 0 Å². The van der Waals surface area contributed by atoms with Gasteiger partial charge in [0.1, 0.15) is 5.75 Å². The SMILES string of the molecule is COc1ccc(S(=O)(=O)N2CCOCC2)cc1C(=O)NC(C)c1ccc(-c2ccccc2)cc1. The summed E-state index contributed by atoms with van der Waals surface area (Å²) in [6.07, 6.45) is 0. The number of morpholine rings is 1. The molecule has 0 saturated carbocycles. The van der Waals surface area contributed by atoms with E-state index in [4.69, 9.17) is 9.47 Å². The van der Waals surface area contributed by atoms with Crippen molar-refractivity contribution in [2.75, 3.05) is 33.4 Å². The molecule has 1 unspecified atom stereocenters. The summed E-state index contributed by atoms with van der Waals surface area (Å²) in [6.45, 7) is 3.15. The summed E-state index contributed by atoms with van der Waals surface area (Å²) in [4.78, 5) is 13.2. The Kier molecular flexibility index (Phi) is 7.31. The zero-order valence-corrected chi connectivity index (χ0v) is 20.0. The van der Waals surface area contributed by atoms with Gasteiger partial charge in [0.15, 0.2) is 0 Å². The van der Waals surface area contributed by atoms with E-state index in [1.807, 2.05) is 61.5 Å². The van der Waals surface area contributed by atoms with Crippen LogP contribution in [0.4, 0.5) is 0 Å². The third-order valence-electron chi connectivity index (χ3n) is 5.89. The first-order chi connectivity index (χ1) is 16.4. The fourth-order valence-electron chi connectivity index (χ4n) is 3.91. The number of carbonyl (C=O) groups is 1. The molecule has 3 aromatic rings. The number of methoxy groups -OCH3 is 1. The number of sulfonamides is 1. The summed E-state index contributed by atoms with van der Waals surface area (Å²) in [6, 6.07) is 22.1. The van der Waals surface area contributed by atoms with Gasteiger partial charge in [-0.2, -0.15) is 4.31 Å². The monoisotopic (exact) mass is 480 g/mol. The van der Waals surface area contributed by atoms with Gasteiger partial charge in [0.05, 0.1) is 36.8 Å². The van der Waals surface area contributed by atoms with E-state index in [1.165, 1.54) is 29.6 Å². The molecule has 1 aliphatic rings. The summed E-state index contributed by atoms with van der Waals surface area (Å²) in [5.74, 6) is -0.0967. The predicted octanol–water partition coefficient (Wildman–Crippen LogP) is 3.87. The van der Waals surface area contributed by atoms with Crippen LogP contribution in [0.1, 0.15) is 28.9 Å². The van der Waals surface area contributed by atoms with Gasteiger partial charge >= 0.3 is 0 Å². The number of benzene rings is 3. The van der Waals surface area contributed by atoms with E-state index in [2.05, 4.69) is 5.32 Å². The third kappa shape index (κ3) is 5.14. The lowest BCUT2D eigenvalue weighted by atomic mass is 10.0. The quantitative estimate of drug-likeness (QED) is 0.555. The maximum absolute atomic E-state index is 13.1. The normalized spacial score (nSPS) is 15.5. The Hall–Kier alpha value is -3.20. The number of amides is 1. The molecule has 1 aliphatic heterocycles. The van der Waals surface area contributed by atoms with Crippen molar-refractivity contribution >= 4 is 15.9 Å². The average Bonchev–Trinajstić information content (AvgIpc) is 2.89. The van der Waals surface area contributed by atoms with Crippen LogP contribution in [0.5, 0.6) is 5.75 Å². The first-order valence-corrected chi connectivity index (χ1v) is 12.6. The molecule has 1 atom stereocenters. The lowest BCUT2D eigenvalue weighted by Crippen LogP contribution is -2.40. The molecule has 0 spiro atoms. The van der Waals surface area contributed by atoms with Gasteiger partial charge in [-0.3, -0.25) is 4.79 Å². The fourth-order valence-corrected chi connectivity index (χ4v) is 5.35. The molecule has 0 aliphatic carbocycles. The maximum atomic E-state index is 13.1. The highest BCUT2D eigenvalue weighted by molar-refractivity contribution is 7.89. The molecule has 4 rings (SSSR count). The van der Waals surface area contributed by atoms with Crippen molar-refractivity contribution in [2.45, 2.75) is 17.9 Å². The van der Waals surface area contributed by atoms with Crippen LogP contribution in [0.25, 0.3) is 11.1 Å². The molecule has 3 aromatic carbocycles. The van der Waals surface area contributed by atoms with Crippen LogP contribution in [0.15, 0.2) is 77.7 Å². The summed E-state index contributed by atoms with van der Waals surface area (Å²) >= 11 is 0. The van der Waals surface area contributed by atoms with Gasteiger partial charge < -0.3 is 14.8 Å². The number of hydrogen-bond acceptors (Lipinski definition) is 5. The molecule has 1 saturated heterocycles. The van der Waals surface area contributed by atoms with Gasteiger partial charge in [0.2, 0.25) is 10.0 Å². The Balaban J connectivity index is 1.53. The molecule has 178 valence electrons. The van der Waals surface area contributed by atoms with Crippen LogP contribution in [-0.2, 0) is 14.8 Å². The van der Waals surface area contributed by atoms with Gasteiger partial charge in [-0.25, -0.2) is 8.42 Å². The molecule has 1 fully saturated rings. The minimum Gasteiger partial charge on any atom is -0.496 e. The second kappa shape index (κ2) is 10.4. The molecule has 1 heterocycles. The van der Waals surface area contributed by atoms with E-state index < -0.39 is 15.9 Å². The Morgan fingerprint density at radius 3 is 2.26 bits per heavy atom. The van der Waals surface area contributed by atoms with Crippen molar-refractivity contribution in [2.24, 2.45) is 0 Å². The van der Waals surface area contributed by atoms with Crippen molar-refractivity contribution in [1.29, 1.82) is 0 Å². The lowest BCUT2D eigenvalue weighted by Gasteiger charge is -2.26. The first-order valence-electron chi connectivity index (χ1n) is 11.1. The van der Waals surface area contributed by atoms with Crippen molar-refractivity contribution < 1.29 is 22.7 Å². The summed E-state index contributed by atoms with van der Waals surface area (Å²) in [5.41, 5.74) is 3.31. The van der Waals surface area contributed by atoms with Crippen molar-refractivity contribution in [3.63, 3.8) is 0 Å². The Bertz CT molecular complexity index is 1240. The zero-order chi connectivity index (χ0) is 24.1. The van der Waals surface area contributed by atoms with E-state index in [-0.39, 0.29) is 29.6 Å². The molecule has 0 aromatic heterocycles. The largest absolute Gasteiger partial charge is 0.496 e. The first kappa shape index (κ1) is 23.9. The second-order valence-corrected chi connectivity index (χ2v) is 10.00. The van der Waals surface area contributed by atoms with Crippen molar-refractivity contribution in [1.82, 2.24) is 9.62 Å². The molecular weight excluding hydrogens is 452 g/mol. The third-order valence-corrected chi connectivity index (χ3v) is 7.78. The highest BCUT2D eigenvalue weighted by atomic mass is 32.2. The van der Waals surface area contributed by atoms with E-state index in [0.29, 0.717) is 19.0 Å². The number of ether oxygens (including phenoxy) is 2. The highest BCUT2D eigenvalue weighted by Gasteiger charge is 2.28. The average molecular weight is 481 g/mol. The van der Waals surface area contributed by atoms with Gasteiger partial charge in [-0.05, 0) is 41.8 Å². The smallest absolute Gasteiger partial charge is 0.255 e. The minimum atomic E-state index is -3.74. The maximum Gasteiger partial charge on any atom is 0.255 e. The van der Waals surface area contributed by atoms with E-state index >= 15 is 0 Å². The second-order valence-electron chi connectivity index (χ2n) is 8.06. The van der Waals surface area contributed by atoms with Crippen LogP contribution >= 0.6 is 0 Å². The van der Waals surface area contributed by atoms with Gasteiger partial charge in [-0.15, -0.1) is 0 Å². The molecule has 1 amide bonds. The van der Waals surface area contributed by atoms with E-state index in [0.717, 1.165) is 16.7 Å². The van der Waals surface area contributed by atoms with Crippen LogP contribution in [0.3, 0.4) is 0 Å². The van der Waals surface area contributed by atoms with Crippen molar-refractivity contribution in [3.8, 4) is 16.9 Å². The fraction of sp³-hybridized carbons (Fsp3) is 0.269.